The van der Waals surface area contributed by atoms with Gasteiger partial charge in [-0.05, 0) is 0 Å². The molecule has 0 N–H and O–H groups in total. The minimum atomic E-state index is -7.51. The van der Waals surface area contributed by atoms with E-state index in [0.29, 0.717) is 28.3 Å². The van der Waals surface area contributed by atoms with Crippen LogP contribution in [0.1, 0.15) is 6.92 Å². The zero-order chi connectivity index (χ0) is 24.5. The number of alkyl halides is 13. The highest BCUT2D eigenvalue weighted by Gasteiger charge is 2.85. The standard InChI is InChI=1S/C13H17F13O3Si/c1-5(30(27-2,28-3)29-4)7(15)10(19,20)12(23,24)13(25,26)11(21,22)8(16)6(14)9(17)18/h5-9H,1-4H3. The van der Waals surface area contributed by atoms with Crippen LogP contribution >= 0.6 is 0 Å². The first-order chi connectivity index (χ1) is 13.3. The number of hydrogen-bond acceptors (Lipinski definition) is 3. The number of rotatable bonds is 12. The smallest absolute Gasteiger partial charge is 0.377 e. The zero-order valence-electron chi connectivity index (χ0n) is 15.5. The van der Waals surface area contributed by atoms with Crippen molar-refractivity contribution in [1.29, 1.82) is 0 Å². The third kappa shape index (κ3) is 4.39. The van der Waals surface area contributed by atoms with Crippen molar-refractivity contribution in [2.45, 2.75) is 61.1 Å². The van der Waals surface area contributed by atoms with E-state index in [1.165, 1.54) is 0 Å². The van der Waals surface area contributed by atoms with Gasteiger partial charge in [0.05, 0.1) is 5.54 Å². The molecule has 3 nitrogen and oxygen atoms in total. The van der Waals surface area contributed by atoms with Gasteiger partial charge in [-0.15, -0.1) is 0 Å². The molecule has 17 heteroatoms. The zero-order valence-corrected chi connectivity index (χ0v) is 16.5. The van der Waals surface area contributed by atoms with Crippen molar-refractivity contribution in [3.63, 3.8) is 0 Å². The summed E-state index contributed by atoms with van der Waals surface area (Å²) in [4.78, 5) is 0. The van der Waals surface area contributed by atoms with Gasteiger partial charge in [0.2, 0.25) is 6.17 Å². The van der Waals surface area contributed by atoms with Crippen LogP contribution in [0.5, 0.6) is 0 Å². The van der Waals surface area contributed by atoms with Crippen molar-refractivity contribution in [3.8, 4) is 0 Å². The SMILES string of the molecule is CO[Si](OC)(OC)C(C)C(F)C(F)(F)C(F)(F)C(F)(F)C(F)(F)C(F)C(F)C(F)F. The molecular formula is C13H17F13O3Si. The third-order valence-electron chi connectivity index (χ3n) is 4.29. The van der Waals surface area contributed by atoms with Crippen LogP contribution in [0.25, 0.3) is 0 Å². The summed E-state index contributed by atoms with van der Waals surface area (Å²) < 4.78 is 187. The van der Waals surface area contributed by atoms with Gasteiger partial charge in [0.25, 0.3) is 6.43 Å². The molecule has 0 aliphatic heterocycles. The van der Waals surface area contributed by atoms with Crippen molar-refractivity contribution >= 4 is 8.80 Å². The Morgan fingerprint density at radius 1 is 0.600 bits per heavy atom. The molecule has 0 aliphatic rings. The molecule has 182 valence electrons. The fourth-order valence-corrected chi connectivity index (χ4v) is 4.58. The molecule has 0 aromatic rings. The largest absolute Gasteiger partial charge is 0.506 e. The maximum Gasteiger partial charge on any atom is 0.506 e. The Morgan fingerprint density at radius 3 is 1.17 bits per heavy atom. The van der Waals surface area contributed by atoms with Crippen LogP contribution in [0.2, 0.25) is 5.54 Å². The monoisotopic (exact) mass is 496 g/mol. The summed E-state index contributed by atoms with van der Waals surface area (Å²) in [7, 11) is -2.50. The summed E-state index contributed by atoms with van der Waals surface area (Å²) in [6.45, 7) is 0.389. The van der Waals surface area contributed by atoms with Crippen LogP contribution in [-0.4, -0.2) is 78.8 Å². The fraction of sp³-hybridized carbons (Fsp3) is 1.00. The van der Waals surface area contributed by atoms with Gasteiger partial charge in [-0.3, -0.25) is 0 Å². The Morgan fingerprint density at radius 2 is 0.900 bits per heavy atom. The normalized spacial score (nSPS) is 19.0. The molecule has 4 atom stereocenters. The van der Waals surface area contributed by atoms with E-state index in [2.05, 4.69) is 13.3 Å². The van der Waals surface area contributed by atoms with E-state index in [4.69, 9.17) is 0 Å². The highest BCUT2D eigenvalue weighted by Crippen LogP contribution is 2.57. The Hall–Kier alpha value is -0.813. The molecule has 0 heterocycles. The van der Waals surface area contributed by atoms with Gasteiger partial charge >= 0.3 is 32.5 Å². The van der Waals surface area contributed by atoms with Crippen molar-refractivity contribution < 1.29 is 70.4 Å². The van der Waals surface area contributed by atoms with Crippen molar-refractivity contribution in [2.75, 3.05) is 21.3 Å². The van der Waals surface area contributed by atoms with Gasteiger partial charge in [0, 0.05) is 21.3 Å². The van der Waals surface area contributed by atoms with Gasteiger partial charge in [-0.25, -0.2) is 22.0 Å². The van der Waals surface area contributed by atoms with Crippen LogP contribution in [0.4, 0.5) is 57.1 Å². The van der Waals surface area contributed by atoms with Crippen LogP contribution in [0.15, 0.2) is 0 Å². The van der Waals surface area contributed by atoms with E-state index < -0.39 is 63.0 Å². The highest BCUT2D eigenvalue weighted by molar-refractivity contribution is 6.62. The predicted molar refractivity (Wildman–Crippen MR) is 76.7 cm³/mol. The third-order valence-corrected chi connectivity index (χ3v) is 7.41. The summed E-state index contributed by atoms with van der Waals surface area (Å²) in [5, 5.41) is 0. The molecule has 0 fully saturated rings. The van der Waals surface area contributed by atoms with Crippen LogP contribution in [0.3, 0.4) is 0 Å². The predicted octanol–water partition coefficient (Wildman–Crippen LogP) is 5.08. The maximum absolute atomic E-state index is 14.2. The summed E-state index contributed by atoms with van der Waals surface area (Å²) in [6, 6.07) is 0. The first-order valence-electron chi connectivity index (χ1n) is 7.63. The summed E-state index contributed by atoms with van der Waals surface area (Å²) in [6.07, 6.45) is -19.1. The summed E-state index contributed by atoms with van der Waals surface area (Å²) >= 11 is 0. The molecule has 0 rings (SSSR count). The van der Waals surface area contributed by atoms with E-state index in [9.17, 15) is 57.1 Å². The van der Waals surface area contributed by atoms with Crippen molar-refractivity contribution in [1.82, 2.24) is 0 Å². The molecule has 0 saturated carbocycles. The van der Waals surface area contributed by atoms with Gasteiger partial charge in [-0.2, -0.15) is 35.1 Å². The minimum absolute atomic E-state index is 0.389. The molecule has 0 bridgehead atoms. The topological polar surface area (TPSA) is 27.7 Å². The van der Waals surface area contributed by atoms with E-state index in [-0.39, 0.29) is 0 Å². The summed E-state index contributed by atoms with van der Waals surface area (Å²) in [5.41, 5.74) is -2.57. The first kappa shape index (κ1) is 29.2. The average Bonchev–Trinajstić information content (AvgIpc) is 2.66. The Labute approximate surface area is 162 Å². The second-order valence-corrected chi connectivity index (χ2v) is 9.32. The van der Waals surface area contributed by atoms with Gasteiger partial charge in [-0.1, -0.05) is 6.92 Å². The van der Waals surface area contributed by atoms with Crippen molar-refractivity contribution in [2.24, 2.45) is 0 Å². The lowest BCUT2D eigenvalue weighted by Gasteiger charge is -2.41. The summed E-state index contributed by atoms with van der Waals surface area (Å²) in [5.74, 6) is -28.7. The lowest BCUT2D eigenvalue weighted by molar-refractivity contribution is -0.387. The molecular weight excluding hydrogens is 479 g/mol. The average molecular weight is 496 g/mol. The molecule has 30 heavy (non-hydrogen) atoms. The van der Waals surface area contributed by atoms with E-state index in [0.717, 1.165) is 0 Å². The lowest BCUT2D eigenvalue weighted by atomic mass is 9.91. The van der Waals surface area contributed by atoms with Crippen molar-refractivity contribution in [3.05, 3.63) is 0 Å². The Bertz CT molecular complexity index is 550. The second kappa shape index (κ2) is 9.36. The van der Waals surface area contributed by atoms with E-state index in [1.54, 1.807) is 0 Å². The molecule has 4 unspecified atom stereocenters. The molecule has 0 spiro atoms. The molecule has 0 saturated heterocycles. The minimum Gasteiger partial charge on any atom is -0.377 e. The Kier molecular flexibility index (Phi) is 9.10. The van der Waals surface area contributed by atoms with Gasteiger partial charge < -0.3 is 13.3 Å². The van der Waals surface area contributed by atoms with Crippen LogP contribution in [-0.2, 0) is 13.3 Å². The van der Waals surface area contributed by atoms with Crippen LogP contribution in [0, 0.1) is 0 Å². The lowest BCUT2D eigenvalue weighted by Crippen LogP contribution is -2.69. The second-order valence-electron chi connectivity index (χ2n) is 5.98. The molecule has 0 amide bonds. The number of hydrogen-bond donors (Lipinski definition) is 0. The molecule has 0 aliphatic carbocycles. The maximum atomic E-state index is 14.2. The number of halogens is 13. The van der Waals surface area contributed by atoms with E-state index >= 15 is 0 Å². The fourth-order valence-electron chi connectivity index (χ4n) is 2.39. The first-order valence-corrected chi connectivity index (χ1v) is 9.44. The molecule has 0 aromatic carbocycles. The molecule has 0 radical (unpaired) electrons. The van der Waals surface area contributed by atoms with Gasteiger partial charge in [0.1, 0.15) is 0 Å². The van der Waals surface area contributed by atoms with E-state index in [1.807, 2.05) is 0 Å². The quantitative estimate of drug-likeness (QED) is 0.279. The Balaban J connectivity index is 6.29. The highest BCUT2D eigenvalue weighted by atomic mass is 28.4. The van der Waals surface area contributed by atoms with Crippen LogP contribution < -0.4 is 0 Å². The van der Waals surface area contributed by atoms with Gasteiger partial charge in [0.15, 0.2) is 12.3 Å². The molecule has 0 aromatic heterocycles.